The van der Waals surface area contributed by atoms with Crippen molar-refractivity contribution in [1.82, 2.24) is 0 Å². The van der Waals surface area contributed by atoms with E-state index in [-0.39, 0.29) is 0 Å². The van der Waals surface area contributed by atoms with E-state index in [2.05, 4.69) is 34.0 Å². The molecule has 0 amide bonds. The topological polar surface area (TPSA) is 38.0 Å². The Morgan fingerprint density at radius 1 is 1.20 bits per heavy atom. The van der Waals surface area contributed by atoms with Crippen molar-refractivity contribution in [2.24, 2.45) is 0 Å². The van der Waals surface area contributed by atoms with Gasteiger partial charge < -0.3 is 11.1 Å². The smallest absolute Gasteiger partial charge is 0.0479 e. The van der Waals surface area contributed by atoms with Crippen LogP contribution < -0.4 is 11.1 Å². The number of nitrogen functional groups attached to an aromatic ring is 1. The Morgan fingerprint density at radius 2 is 1.93 bits per heavy atom. The van der Waals surface area contributed by atoms with E-state index < -0.39 is 0 Å². The fourth-order valence-electron chi connectivity index (χ4n) is 2.12. The minimum Gasteiger partial charge on any atom is -0.399 e. The molecule has 1 fully saturated rings. The SMILES string of the molecule is Nc1ccc(NC2CCCCC2)c(I)c1. The first kappa shape index (κ1) is 11.0. The van der Waals surface area contributed by atoms with Crippen molar-refractivity contribution in [3.05, 3.63) is 21.8 Å². The molecular formula is C12H17IN2. The molecule has 0 unspecified atom stereocenters. The second-order valence-corrected chi connectivity index (χ2v) is 5.38. The summed E-state index contributed by atoms with van der Waals surface area (Å²) in [6, 6.07) is 6.74. The molecule has 0 aromatic heterocycles. The third-order valence-corrected chi connectivity index (χ3v) is 3.85. The first-order chi connectivity index (χ1) is 7.25. The molecule has 2 rings (SSSR count). The van der Waals surface area contributed by atoms with Gasteiger partial charge in [0.15, 0.2) is 0 Å². The van der Waals surface area contributed by atoms with Crippen molar-refractivity contribution >= 4 is 34.0 Å². The molecule has 1 aromatic carbocycles. The Morgan fingerprint density at radius 3 is 2.60 bits per heavy atom. The predicted octanol–water partition coefficient (Wildman–Crippen LogP) is 3.62. The highest BCUT2D eigenvalue weighted by atomic mass is 127. The maximum atomic E-state index is 5.73. The highest BCUT2D eigenvalue weighted by Crippen LogP contribution is 2.25. The fraction of sp³-hybridized carbons (Fsp3) is 0.500. The lowest BCUT2D eigenvalue weighted by atomic mass is 9.95. The molecule has 0 heterocycles. The molecule has 1 saturated carbocycles. The molecule has 1 aliphatic carbocycles. The molecule has 2 nitrogen and oxygen atoms in total. The summed E-state index contributed by atoms with van der Waals surface area (Å²) in [5.74, 6) is 0. The van der Waals surface area contributed by atoms with Crippen LogP contribution in [0.25, 0.3) is 0 Å². The minimum atomic E-state index is 0.663. The zero-order chi connectivity index (χ0) is 10.7. The molecule has 82 valence electrons. The summed E-state index contributed by atoms with van der Waals surface area (Å²) >= 11 is 2.34. The Hall–Kier alpha value is -0.450. The standard InChI is InChI=1S/C12H17IN2/c13-11-8-9(14)6-7-12(11)15-10-4-2-1-3-5-10/h6-8,10,15H,1-5,14H2. The lowest BCUT2D eigenvalue weighted by Gasteiger charge is -2.24. The molecule has 1 aromatic rings. The van der Waals surface area contributed by atoms with Gasteiger partial charge in [0.2, 0.25) is 0 Å². The molecule has 0 atom stereocenters. The van der Waals surface area contributed by atoms with Gasteiger partial charge in [0.1, 0.15) is 0 Å². The number of nitrogens with one attached hydrogen (secondary N) is 1. The zero-order valence-electron chi connectivity index (χ0n) is 8.80. The molecule has 3 heteroatoms. The van der Waals surface area contributed by atoms with Crippen LogP contribution in [0.3, 0.4) is 0 Å². The number of hydrogen-bond acceptors (Lipinski definition) is 2. The van der Waals surface area contributed by atoms with Gasteiger partial charge >= 0.3 is 0 Å². The van der Waals surface area contributed by atoms with Crippen LogP contribution in [0.5, 0.6) is 0 Å². The number of hydrogen-bond donors (Lipinski definition) is 2. The predicted molar refractivity (Wildman–Crippen MR) is 74.1 cm³/mol. The Bertz CT molecular complexity index is 332. The van der Waals surface area contributed by atoms with Crippen molar-refractivity contribution in [2.75, 3.05) is 11.1 Å². The Kier molecular flexibility index (Phi) is 3.72. The molecule has 0 bridgehead atoms. The van der Waals surface area contributed by atoms with Gasteiger partial charge in [-0.1, -0.05) is 19.3 Å². The van der Waals surface area contributed by atoms with Crippen LogP contribution in [-0.4, -0.2) is 6.04 Å². The molecule has 0 aliphatic heterocycles. The maximum Gasteiger partial charge on any atom is 0.0479 e. The average molecular weight is 316 g/mol. The molecule has 0 saturated heterocycles. The third-order valence-electron chi connectivity index (χ3n) is 2.96. The normalized spacial score (nSPS) is 17.7. The zero-order valence-corrected chi connectivity index (χ0v) is 11.0. The number of rotatable bonds is 2. The van der Waals surface area contributed by atoms with E-state index in [0.29, 0.717) is 6.04 Å². The van der Waals surface area contributed by atoms with Gasteiger partial charge in [-0.15, -0.1) is 0 Å². The molecular weight excluding hydrogens is 299 g/mol. The van der Waals surface area contributed by atoms with Crippen molar-refractivity contribution in [3.8, 4) is 0 Å². The number of anilines is 2. The van der Waals surface area contributed by atoms with Gasteiger partial charge in [-0.3, -0.25) is 0 Å². The summed E-state index contributed by atoms with van der Waals surface area (Å²) in [5, 5.41) is 3.61. The summed E-state index contributed by atoms with van der Waals surface area (Å²) in [7, 11) is 0. The average Bonchev–Trinajstić information content (AvgIpc) is 2.24. The van der Waals surface area contributed by atoms with E-state index >= 15 is 0 Å². The van der Waals surface area contributed by atoms with Crippen LogP contribution in [0.15, 0.2) is 18.2 Å². The molecule has 1 aliphatic rings. The van der Waals surface area contributed by atoms with Crippen LogP contribution in [0.2, 0.25) is 0 Å². The van der Waals surface area contributed by atoms with Crippen LogP contribution >= 0.6 is 22.6 Å². The largest absolute Gasteiger partial charge is 0.399 e. The van der Waals surface area contributed by atoms with Crippen molar-refractivity contribution in [1.29, 1.82) is 0 Å². The summed E-state index contributed by atoms with van der Waals surface area (Å²) in [6.45, 7) is 0. The van der Waals surface area contributed by atoms with E-state index in [4.69, 9.17) is 5.73 Å². The summed E-state index contributed by atoms with van der Waals surface area (Å²) < 4.78 is 1.22. The van der Waals surface area contributed by atoms with Gasteiger partial charge in [0.05, 0.1) is 0 Å². The molecule has 0 spiro atoms. The lowest BCUT2D eigenvalue weighted by Crippen LogP contribution is -2.22. The monoisotopic (exact) mass is 316 g/mol. The van der Waals surface area contributed by atoms with Gasteiger partial charge in [0, 0.05) is 21.0 Å². The summed E-state index contributed by atoms with van der Waals surface area (Å²) in [4.78, 5) is 0. The van der Waals surface area contributed by atoms with Crippen LogP contribution in [0.1, 0.15) is 32.1 Å². The Balaban J connectivity index is 2.03. The van der Waals surface area contributed by atoms with Crippen molar-refractivity contribution in [3.63, 3.8) is 0 Å². The highest BCUT2D eigenvalue weighted by molar-refractivity contribution is 14.1. The fourth-order valence-corrected chi connectivity index (χ4v) is 2.81. The van der Waals surface area contributed by atoms with Gasteiger partial charge in [-0.2, -0.15) is 0 Å². The van der Waals surface area contributed by atoms with E-state index in [1.807, 2.05) is 12.1 Å². The highest BCUT2D eigenvalue weighted by Gasteiger charge is 2.13. The van der Waals surface area contributed by atoms with Crippen LogP contribution in [0.4, 0.5) is 11.4 Å². The van der Waals surface area contributed by atoms with Gasteiger partial charge in [0.25, 0.3) is 0 Å². The molecule has 15 heavy (non-hydrogen) atoms. The first-order valence-electron chi connectivity index (χ1n) is 5.57. The van der Waals surface area contributed by atoms with Crippen molar-refractivity contribution < 1.29 is 0 Å². The van der Waals surface area contributed by atoms with E-state index in [1.165, 1.54) is 41.4 Å². The second kappa shape index (κ2) is 5.05. The second-order valence-electron chi connectivity index (χ2n) is 4.22. The number of halogens is 1. The summed E-state index contributed by atoms with van der Waals surface area (Å²) in [5.41, 5.74) is 7.80. The maximum absolute atomic E-state index is 5.73. The quantitative estimate of drug-likeness (QED) is 0.646. The van der Waals surface area contributed by atoms with E-state index in [0.717, 1.165) is 5.69 Å². The third kappa shape index (κ3) is 3.00. The van der Waals surface area contributed by atoms with Crippen LogP contribution in [0, 0.1) is 3.57 Å². The van der Waals surface area contributed by atoms with Gasteiger partial charge in [-0.05, 0) is 53.6 Å². The summed E-state index contributed by atoms with van der Waals surface area (Å²) in [6.07, 6.45) is 6.74. The van der Waals surface area contributed by atoms with Gasteiger partial charge in [-0.25, -0.2) is 0 Å². The number of nitrogens with two attached hydrogens (primary N) is 1. The van der Waals surface area contributed by atoms with E-state index in [1.54, 1.807) is 0 Å². The molecule has 0 radical (unpaired) electrons. The minimum absolute atomic E-state index is 0.663. The number of benzene rings is 1. The Labute approximate surface area is 105 Å². The molecule has 3 N–H and O–H groups in total. The van der Waals surface area contributed by atoms with E-state index in [9.17, 15) is 0 Å². The first-order valence-corrected chi connectivity index (χ1v) is 6.65. The lowest BCUT2D eigenvalue weighted by molar-refractivity contribution is 0.462. The van der Waals surface area contributed by atoms with Crippen molar-refractivity contribution in [2.45, 2.75) is 38.1 Å². The van der Waals surface area contributed by atoms with Crippen LogP contribution in [-0.2, 0) is 0 Å².